The third-order valence-corrected chi connectivity index (χ3v) is 3.31. The van der Waals surface area contributed by atoms with Gasteiger partial charge in [0.2, 0.25) is 5.75 Å². The number of para-hydroxylation sites is 1. The van der Waals surface area contributed by atoms with E-state index in [1.165, 1.54) is 7.11 Å². The van der Waals surface area contributed by atoms with Gasteiger partial charge in [0.1, 0.15) is 0 Å². The molecule has 5 heteroatoms. The normalized spacial score (nSPS) is 11.4. The van der Waals surface area contributed by atoms with E-state index in [9.17, 15) is 4.79 Å². The van der Waals surface area contributed by atoms with Crippen molar-refractivity contribution in [1.82, 2.24) is 0 Å². The first-order valence-electron chi connectivity index (χ1n) is 8.16. The molecule has 0 N–H and O–H groups in total. The van der Waals surface area contributed by atoms with Crippen molar-refractivity contribution in [2.24, 2.45) is 0 Å². The van der Waals surface area contributed by atoms with Crippen LogP contribution in [0.2, 0.25) is 0 Å². The number of methoxy groups -OCH3 is 1. The third-order valence-electron chi connectivity index (χ3n) is 3.31. The number of rotatable bonds is 8. The van der Waals surface area contributed by atoms with Crippen molar-refractivity contribution < 1.29 is 18.6 Å². The summed E-state index contributed by atoms with van der Waals surface area (Å²) in [5.41, 5.74) is -0.204. The van der Waals surface area contributed by atoms with Crippen LogP contribution in [0.15, 0.2) is 39.6 Å². The Bertz CT molecular complexity index is 758. The fourth-order valence-electron chi connectivity index (χ4n) is 2.33. The van der Waals surface area contributed by atoms with Gasteiger partial charge >= 0.3 is 5.63 Å². The van der Waals surface area contributed by atoms with Crippen LogP contribution < -0.4 is 19.8 Å². The van der Waals surface area contributed by atoms with E-state index in [1.807, 2.05) is 26.0 Å². The Balaban J connectivity index is 2.40. The summed E-state index contributed by atoms with van der Waals surface area (Å²) < 4.78 is 22.2. The van der Waals surface area contributed by atoms with Gasteiger partial charge in [-0.25, -0.2) is 4.79 Å². The van der Waals surface area contributed by atoms with Gasteiger partial charge in [0.25, 0.3) is 0 Å². The van der Waals surface area contributed by atoms with Gasteiger partial charge in [0.05, 0.1) is 25.2 Å². The summed E-state index contributed by atoms with van der Waals surface area (Å²) >= 11 is 0. The van der Waals surface area contributed by atoms with Crippen LogP contribution in [0.3, 0.4) is 0 Å². The summed E-state index contributed by atoms with van der Waals surface area (Å²) in [6.07, 6.45) is 5.78. The molecular weight excluding hydrogens is 308 g/mol. The average Bonchev–Trinajstić information content (AvgIpc) is 2.55. The Labute approximate surface area is 141 Å². The van der Waals surface area contributed by atoms with Crippen molar-refractivity contribution in [1.29, 1.82) is 0 Å². The smallest absolute Gasteiger partial charge is 0.383 e. The molecule has 5 nitrogen and oxygen atoms in total. The number of fused-ring (bicyclic) bond motifs is 1. The molecule has 0 unspecified atom stereocenters. The molecule has 0 amide bonds. The first kappa shape index (κ1) is 17.9. The van der Waals surface area contributed by atoms with Crippen LogP contribution >= 0.6 is 0 Å². The van der Waals surface area contributed by atoms with Gasteiger partial charge in [0.15, 0.2) is 17.1 Å². The average molecular weight is 332 g/mol. The highest BCUT2D eigenvalue weighted by molar-refractivity contribution is 5.89. The molecule has 0 atom stereocenters. The second-order valence-corrected chi connectivity index (χ2v) is 5.57. The second-order valence-electron chi connectivity index (χ2n) is 5.57. The maximum absolute atomic E-state index is 12.3. The molecule has 0 fully saturated rings. The van der Waals surface area contributed by atoms with E-state index in [4.69, 9.17) is 18.6 Å². The molecule has 0 aliphatic carbocycles. The second kappa shape index (κ2) is 8.43. The maximum Gasteiger partial charge on any atom is 0.383 e. The lowest BCUT2D eigenvalue weighted by molar-refractivity contribution is 0.219. The van der Waals surface area contributed by atoms with Crippen molar-refractivity contribution in [3.05, 3.63) is 40.8 Å². The van der Waals surface area contributed by atoms with Crippen LogP contribution in [-0.4, -0.2) is 19.8 Å². The summed E-state index contributed by atoms with van der Waals surface area (Å²) in [6, 6.07) is 5.42. The van der Waals surface area contributed by atoms with Crippen LogP contribution in [-0.2, 0) is 0 Å². The molecule has 0 aliphatic heterocycles. The number of ether oxygens (including phenoxy) is 3. The Morgan fingerprint density at radius 3 is 2.67 bits per heavy atom. The summed E-state index contributed by atoms with van der Waals surface area (Å²) in [4.78, 5) is 12.3. The zero-order valence-corrected chi connectivity index (χ0v) is 14.6. The molecule has 1 aromatic heterocycles. The Kier molecular flexibility index (Phi) is 6.29. The van der Waals surface area contributed by atoms with Crippen molar-refractivity contribution >= 4 is 11.0 Å². The fourth-order valence-corrected chi connectivity index (χ4v) is 2.33. The van der Waals surface area contributed by atoms with E-state index >= 15 is 0 Å². The van der Waals surface area contributed by atoms with E-state index in [0.717, 1.165) is 12.8 Å². The Morgan fingerprint density at radius 1 is 1.21 bits per heavy atom. The van der Waals surface area contributed by atoms with Crippen LogP contribution in [0.1, 0.15) is 33.6 Å². The molecule has 1 heterocycles. The van der Waals surface area contributed by atoms with E-state index in [1.54, 1.807) is 6.07 Å². The lowest BCUT2D eigenvalue weighted by Gasteiger charge is -2.14. The van der Waals surface area contributed by atoms with E-state index in [0.29, 0.717) is 29.1 Å². The lowest BCUT2D eigenvalue weighted by atomic mass is 10.2. The molecule has 0 radical (unpaired) electrons. The molecule has 24 heavy (non-hydrogen) atoms. The summed E-state index contributed by atoms with van der Waals surface area (Å²) in [5, 5.41) is 0.648. The number of allylic oxidation sites excluding steroid dienone is 1. The molecule has 0 aliphatic rings. The van der Waals surface area contributed by atoms with E-state index < -0.39 is 5.63 Å². The highest BCUT2D eigenvalue weighted by Crippen LogP contribution is 2.36. The molecule has 2 rings (SSSR count). The molecule has 0 saturated carbocycles. The molecule has 0 saturated heterocycles. The van der Waals surface area contributed by atoms with Gasteiger partial charge in [-0.15, -0.1) is 0 Å². The highest BCUT2D eigenvalue weighted by Gasteiger charge is 2.20. The van der Waals surface area contributed by atoms with Gasteiger partial charge in [-0.05, 0) is 38.8 Å². The number of hydrogen-bond acceptors (Lipinski definition) is 5. The first-order valence-corrected chi connectivity index (χ1v) is 8.16. The predicted octanol–water partition coefficient (Wildman–Crippen LogP) is 4.32. The third kappa shape index (κ3) is 4.10. The minimum atomic E-state index is -0.574. The molecule has 2 aromatic rings. The van der Waals surface area contributed by atoms with Crippen LogP contribution in [0.4, 0.5) is 0 Å². The van der Waals surface area contributed by atoms with Gasteiger partial charge in [-0.3, -0.25) is 0 Å². The molecule has 130 valence electrons. The monoisotopic (exact) mass is 332 g/mol. The summed E-state index contributed by atoms with van der Waals surface area (Å²) in [5.74, 6) is 0.971. The van der Waals surface area contributed by atoms with Gasteiger partial charge in [-0.2, -0.15) is 0 Å². The molecular formula is C19H24O5. The highest BCUT2D eigenvalue weighted by atomic mass is 16.5. The van der Waals surface area contributed by atoms with E-state index in [2.05, 4.69) is 19.1 Å². The largest absolute Gasteiger partial charge is 0.492 e. The van der Waals surface area contributed by atoms with Crippen molar-refractivity contribution in [3.63, 3.8) is 0 Å². The van der Waals surface area contributed by atoms with Gasteiger partial charge in [0, 0.05) is 0 Å². The Hall–Kier alpha value is -2.43. The predicted molar refractivity (Wildman–Crippen MR) is 94.3 cm³/mol. The minimum absolute atomic E-state index is 0.0861. The van der Waals surface area contributed by atoms with Crippen LogP contribution in [0.5, 0.6) is 17.2 Å². The molecule has 1 aromatic carbocycles. The molecule has 0 spiro atoms. The van der Waals surface area contributed by atoms with Gasteiger partial charge in [-0.1, -0.05) is 25.1 Å². The number of benzene rings is 1. The SMILES string of the molecule is CC/C=C/CCOc1cccc2c(OC)c(OC(C)C)c(=O)oc12. The topological polar surface area (TPSA) is 57.9 Å². The van der Waals surface area contributed by atoms with Crippen LogP contribution in [0.25, 0.3) is 11.0 Å². The molecule has 0 bridgehead atoms. The zero-order valence-electron chi connectivity index (χ0n) is 14.6. The van der Waals surface area contributed by atoms with Crippen molar-refractivity contribution in [2.45, 2.75) is 39.7 Å². The first-order chi connectivity index (χ1) is 11.6. The number of hydrogen-bond donors (Lipinski definition) is 0. The Morgan fingerprint density at radius 2 is 2.00 bits per heavy atom. The van der Waals surface area contributed by atoms with Crippen molar-refractivity contribution in [2.75, 3.05) is 13.7 Å². The maximum atomic E-state index is 12.3. The van der Waals surface area contributed by atoms with Gasteiger partial charge < -0.3 is 18.6 Å². The lowest BCUT2D eigenvalue weighted by Crippen LogP contribution is -2.15. The standard InChI is InChI=1S/C19H24O5/c1-5-6-7-8-12-22-15-11-9-10-14-16(15)24-19(20)18(17(14)21-4)23-13(2)3/h6-7,9-11,13H,5,8,12H2,1-4H3/b7-6+. The minimum Gasteiger partial charge on any atom is -0.492 e. The summed E-state index contributed by atoms with van der Waals surface area (Å²) in [7, 11) is 1.50. The summed E-state index contributed by atoms with van der Waals surface area (Å²) in [6.45, 7) is 6.27. The zero-order chi connectivity index (χ0) is 17.5. The van der Waals surface area contributed by atoms with E-state index in [-0.39, 0.29) is 11.9 Å². The van der Waals surface area contributed by atoms with Crippen molar-refractivity contribution in [3.8, 4) is 17.2 Å². The fraction of sp³-hybridized carbons (Fsp3) is 0.421. The quantitative estimate of drug-likeness (QED) is 0.409. The van der Waals surface area contributed by atoms with Crippen LogP contribution in [0, 0.1) is 0 Å².